The molecule has 0 aliphatic heterocycles. The van der Waals surface area contributed by atoms with Crippen LogP contribution in [0.3, 0.4) is 0 Å². The SMILES string of the molecule is Cc1ncccc1NCc1ccc(OC(F)(F)F)cc1. The van der Waals surface area contributed by atoms with Crippen molar-refractivity contribution >= 4 is 5.69 Å². The summed E-state index contributed by atoms with van der Waals surface area (Å²) in [6.45, 7) is 2.38. The van der Waals surface area contributed by atoms with Gasteiger partial charge in [-0.1, -0.05) is 12.1 Å². The lowest BCUT2D eigenvalue weighted by molar-refractivity contribution is -0.274. The summed E-state index contributed by atoms with van der Waals surface area (Å²) in [7, 11) is 0. The fraction of sp³-hybridized carbons (Fsp3) is 0.214. The Hall–Kier alpha value is -2.24. The molecule has 2 rings (SSSR count). The van der Waals surface area contributed by atoms with Crippen molar-refractivity contribution < 1.29 is 17.9 Å². The van der Waals surface area contributed by atoms with Crippen LogP contribution in [0.25, 0.3) is 0 Å². The van der Waals surface area contributed by atoms with E-state index in [2.05, 4.69) is 15.0 Å². The van der Waals surface area contributed by atoms with Crippen LogP contribution >= 0.6 is 0 Å². The second kappa shape index (κ2) is 5.81. The van der Waals surface area contributed by atoms with E-state index in [9.17, 15) is 13.2 Å². The zero-order valence-corrected chi connectivity index (χ0v) is 10.7. The smallest absolute Gasteiger partial charge is 0.406 e. The number of alkyl halides is 3. The molecule has 106 valence electrons. The Labute approximate surface area is 114 Å². The standard InChI is InChI=1S/C14H13F3N2O/c1-10-13(3-2-8-18-10)19-9-11-4-6-12(7-5-11)20-14(15,16)17/h2-8,19H,9H2,1H3. The van der Waals surface area contributed by atoms with Crippen molar-refractivity contribution in [2.45, 2.75) is 19.8 Å². The zero-order valence-electron chi connectivity index (χ0n) is 10.7. The van der Waals surface area contributed by atoms with Gasteiger partial charge in [-0.05, 0) is 36.8 Å². The van der Waals surface area contributed by atoms with Crippen LogP contribution in [0.5, 0.6) is 5.75 Å². The van der Waals surface area contributed by atoms with Gasteiger partial charge in [0.1, 0.15) is 5.75 Å². The van der Waals surface area contributed by atoms with E-state index in [0.717, 1.165) is 16.9 Å². The van der Waals surface area contributed by atoms with Gasteiger partial charge in [-0.2, -0.15) is 0 Å². The average molecular weight is 282 g/mol. The first-order valence-electron chi connectivity index (χ1n) is 5.94. The number of rotatable bonds is 4. The number of hydrogen-bond donors (Lipinski definition) is 1. The molecule has 3 nitrogen and oxygen atoms in total. The summed E-state index contributed by atoms with van der Waals surface area (Å²) in [6.07, 6.45) is -2.96. The maximum Gasteiger partial charge on any atom is 0.573 e. The summed E-state index contributed by atoms with van der Waals surface area (Å²) in [6, 6.07) is 9.46. The second-order valence-electron chi connectivity index (χ2n) is 4.18. The fourth-order valence-electron chi connectivity index (χ4n) is 1.68. The predicted molar refractivity (Wildman–Crippen MR) is 69.4 cm³/mol. The third-order valence-corrected chi connectivity index (χ3v) is 2.65. The van der Waals surface area contributed by atoms with Gasteiger partial charge in [0, 0.05) is 12.7 Å². The second-order valence-corrected chi connectivity index (χ2v) is 4.18. The van der Waals surface area contributed by atoms with Crippen LogP contribution in [0.4, 0.5) is 18.9 Å². The molecule has 2 aromatic rings. The Morgan fingerprint density at radius 1 is 1.15 bits per heavy atom. The Kier molecular flexibility index (Phi) is 4.12. The van der Waals surface area contributed by atoms with E-state index in [1.807, 2.05) is 19.1 Å². The van der Waals surface area contributed by atoms with E-state index < -0.39 is 6.36 Å². The molecule has 0 atom stereocenters. The molecular formula is C14H13F3N2O. The van der Waals surface area contributed by atoms with Crippen LogP contribution < -0.4 is 10.1 Å². The van der Waals surface area contributed by atoms with Crippen LogP contribution in [0.2, 0.25) is 0 Å². The highest BCUT2D eigenvalue weighted by atomic mass is 19.4. The molecule has 0 amide bonds. The molecule has 0 aliphatic carbocycles. The predicted octanol–water partition coefficient (Wildman–Crippen LogP) is 3.90. The van der Waals surface area contributed by atoms with E-state index in [4.69, 9.17) is 0 Å². The highest BCUT2D eigenvalue weighted by molar-refractivity contribution is 5.47. The zero-order chi connectivity index (χ0) is 14.6. The van der Waals surface area contributed by atoms with Gasteiger partial charge in [-0.25, -0.2) is 0 Å². The maximum atomic E-state index is 12.0. The largest absolute Gasteiger partial charge is 0.573 e. The van der Waals surface area contributed by atoms with Gasteiger partial charge in [0.2, 0.25) is 0 Å². The monoisotopic (exact) mass is 282 g/mol. The first-order chi connectivity index (χ1) is 9.44. The van der Waals surface area contributed by atoms with Crippen molar-refractivity contribution in [2.24, 2.45) is 0 Å². The molecule has 20 heavy (non-hydrogen) atoms. The van der Waals surface area contributed by atoms with Gasteiger partial charge >= 0.3 is 6.36 Å². The van der Waals surface area contributed by atoms with Gasteiger partial charge in [-0.15, -0.1) is 13.2 Å². The molecule has 1 aromatic heterocycles. The molecule has 0 bridgehead atoms. The van der Waals surface area contributed by atoms with Crippen molar-refractivity contribution in [1.29, 1.82) is 0 Å². The number of halogens is 3. The lowest BCUT2D eigenvalue weighted by Gasteiger charge is -2.11. The molecule has 0 fully saturated rings. The Morgan fingerprint density at radius 2 is 1.85 bits per heavy atom. The Morgan fingerprint density at radius 3 is 2.45 bits per heavy atom. The van der Waals surface area contributed by atoms with E-state index >= 15 is 0 Å². The van der Waals surface area contributed by atoms with E-state index in [1.54, 1.807) is 18.3 Å². The summed E-state index contributed by atoms with van der Waals surface area (Å²) in [4.78, 5) is 4.14. The topological polar surface area (TPSA) is 34.2 Å². The molecule has 0 saturated carbocycles. The van der Waals surface area contributed by atoms with Crippen LogP contribution in [-0.4, -0.2) is 11.3 Å². The fourth-order valence-corrected chi connectivity index (χ4v) is 1.68. The van der Waals surface area contributed by atoms with Gasteiger partial charge in [0.15, 0.2) is 0 Å². The number of aryl methyl sites for hydroxylation is 1. The van der Waals surface area contributed by atoms with Crippen molar-refractivity contribution in [3.8, 4) is 5.75 Å². The first-order valence-corrected chi connectivity index (χ1v) is 5.94. The van der Waals surface area contributed by atoms with E-state index in [-0.39, 0.29) is 5.75 Å². The Bertz CT molecular complexity index is 567. The van der Waals surface area contributed by atoms with Crippen molar-refractivity contribution in [3.63, 3.8) is 0 Å². The molecule has 0 unspecified atom stereocenters. The summed E-state index contributed by atoms with van der Waals surface area (Å²) in [5.41, 5.74) is 2.61. The molecule has 1 aromatic carbocycles. The summed E-state index contributed by atoms with van der Waals surface area (Å²) in [5.74, 6) is -0.223. The number of anilines is 1. The summed E-state index contributed by atoms with van der Waals surface area (Å²) < 4.78 is 39.9. The number of nitrogens with zero attached hydrogens (tertiary/aromatic N) is 1. The molecule has 0 radical (unpaired) electrons. The summed E-state index contributed by atoms with van der Waals surface area (Å²) in [5, 5.41) is 3.17. The molecule has 0 saturated heterocycles. The van der Waals surface area contributed by atoms with Crippen molar-refractivity contribution in [3.05, 3.63) is 53.9 Å². The van der Waals surface area contributed by atoms with Gasteiger partial charge in [0.05, 0.1) is 11.4 Å². The minimum Gasteiger partial charge on any atom is -0.406 e. The Balaban J connectivity index is 1.96. The number of pyridine rings is 1. The molecule has 1 heterocycles. The van der Waals surface area contributed by atoms with Crippen LogP contribution in [0.1, 0.15) is 11.3 Å². The van der Waals surface area contributed by atoms with Crippen molar-refractivity contribution in [1.82, 2.24) is 4.98 Å². The van der Waals surface area contributed by atoms with Gasteiger partial charge in [0.25, 0.3) is 0 Å². The van der Waals surface area contributed by atoms with Gasteiger partial charge in [-0.3, -0.25) is 4.98 Å². The van der Waals surface area contributed by atoms with Crippen LogP contribution in [-0.2, 0) is 6.54 Å². The molecule has 0 aliphatic rings. The molecule has 0 spiro atoms. The minimum absolute atomic E-state index is 0.223. The third kappa shape index (κ3) is 4.15. The van der Waals surface area contributed by atoms with Crippen LogP contribution in [0.15, 0.2) is 42.6 Å². The lowest BCUT2D eigenvalue weighted by atomic mass is 10.2. The number of ether oxygens (including phenoxy) is 1. The van der Waals surface area contributed by atoms with Gasteiger partial charge < -0.3 is 10.1 Å². The normalized spacial score (nSPS) is 11.2. The molecule has 6 heteroatoms. The molecule has 1 N–H and O–H groups in total. The maximum absolute atomic E-state index is 12.0. The summed E-state index contributed by atoms with van der Waals surface area (Å²) >= 11 is 0. The average Bonchev–Trinajstić information content (AvgIpc) is 2.38. The van der Waals surface area contributed by atoms with E-state index in [1.165, 1.54) is 12.1 Å². The first kappa shape index (κ1) is 14.2. The number of nitrogens with one attached hydrogen (secondary N) is 1. The highest BCUT2D eigenvalue weighted by Gasteiger charge is 2.30. The van der Waals surface area contributed by atoms with Crippen LogP contribution in [0, 0.1) is 6.92 Å². The number of hydrogen-bond acceptors (Lipinski definition) is 3. The third-order valence-electron chi connectivity index (χ3n) is 2.65. The highest BCUT2D eigenvalue weighted by Crippen LogP contribution is 2.23. The quantitative estimate of drug-likeness (QED) is 0.923. The van der Waals surface area contributed by atoms with E-state index in [0.29, 0.717) is 6.54 Å². The minimum atomic E-state index is -4.66. The van der Waals surface area contributed by atoms with Crippen molar-refractivity contribution in [2.75, 3.05) is 5.32 Å². The molecular weight excluding hydrogens is 269 g/mol. The lowest BCUT2D eigenvalue weighted by Crippen LogP contribution is -2.17. The number of aromatic nitrogens is 1. The number of benzene rings is 1.